The van der Waals surface area contributed by atoms with Gasteiger partial charge in [-0.05, 0) is 36.8 Å². The van der Waals surface area contributed by atoms with Gasteiger partial charge in [0.15, 0.2) is 6.61 Å². The summed E-state index contributed by atoms with van der Waals surface area (Å²) in [5, 5.41) is 28.4. The highest BCUT2D eigenvalue weighted by atomic mass is 35.5. The van der Waals surface area contributed by atoms with Crippen LogP contribution < -0.4 is 10.1 Å². The predicted octanol–water partition coefficient (Wildman–Crippen LogP) is 4.24. The quantitative estimate of drug-likeness (QED) is 0.227. The molecule has 0 aliphatic heterocycles. The minimum absolute atomic E-state index is 0.0692. The van der Waals surface area contributed by atoms with E-state index >= 15 is 0 Å². The SMILES string of the molecule is CC(O)(CNC(=O)c1ccccc1O)Cc1nccc2nn(Cc3cnc(OCC(F)(F)C(F)F)c(Cl)c3)cc12. The van der Waals surface area contributed by atoms with Crippen LogP contribution in [0.3, 0.4) is 0 Å². The van der Waals surface area contributed by atoms with Crippen molar-refractivity contribution in [2.45, 2.75) is 37.8 Å². The lowest BCUT2D eigenvalue weighted by atomic mass is 9.98. The molecule has 1 unspecified atom stereocenters. The minimum Gasteiger partial charge on any atom is -0.507 e. The number of phenolic OH excluding ortho intramolecular Hbond substituents is 1. The summed E-state index contributed by atoms with van der Waals surface area (Å²) >= 11 is 6.05. The molecule has 3 heterocycles. The second kappa shape index (κ2) is 11.6. The Bertz CT molecular complexity index is 1520. The number of ether oxygens (including phenoxy) is 1. The van der Waals surface area contributed by atoms with E-state index in [9.17, 15) is 32.6 Å². The number of halogens is 5. The summed E-state index contributed by atoms with van der Waals surface area (Å²) in [4.78, 5) is 20.6. The van der Waals surface area contributed by atoms with Crippen molar-refractivity contribution in [2.75, 3.05) is 13.2 Å². The van der Waals surface area contributed by atoms with E-state index in [-0.39, 0.29) is 35.8 Å². The molecule has 3 N–H and O–H groups in total. The van der Waals surface area contributed by atoms with Crippen LogP contribution in [0.25, 0.3) is 10.9 Å². The van der Waals surface area contributed by atoms with E-state index in [1.54, 1.807) is 29.1 Å². The molecule has 0 bridgehead atoms. The molecular formula is C26H24ClF4N5O4. The van der Waals surface area contributed by atoms with Gasteiger partial charge in [-0.2, -0.15) is 13.9 Å². The van der Waals surface area contributed by atoms with Crippen LogP contribution in [0.15, 0.2) is 55.0 Å². The van der Waals surface area contributed by atoms with Crippen LogP contribution in [0.5, 0.6) is 11.6 Å². The Kier molecular flexibility index (Phi) is 8.45. The number of amides is 1. The Morgan fingerprint density at radius 2 is 1.98 bits per heavy atom. The fraction of sp³-hybridized carbons (Fsp3) is 0.308. The summed E-state index contributed by atoms with van der Waals surface area (Å²) in [5.74, 6) is -5.46. The molecule has 1 aromatic carbocycles. The summed E-state index contributed by atoms with van der Waals surface area (Å²) in [6.07, 6.45) is 0.705. The first-order valence-electron chi connectivity index (χ1n) is 11.9. The number of phenols is 1. The molecule has 0 saturated heterocycles. The third-order valence-corrected chi connectivity index (χ3v) is 6.09. The van der Waals surface area contributed by atoms with Crippen molar-refractivity contribution < 1.29 is 37.3 Å². The van der Waals surface area contributed by atoms with Gasteiger partial charge in [0.25, 0.3) is 5.91 Å². The molecule has 1 atom stereocenters. The number of rotatable bonds is 11. The average molecular weight is 582 g/mol. The van der Waals surface area contributed by atoms with Crippen molar-refractivity contribution in [3.8, 4) is 11.6 Å². The molecule has 0 saturated carbocycles. The molecule has 212 valence electrons. The van der Waals surface area contributed by atoms with Crippen molar-refractivity contribution in [1.29, 1.82) is 0 Å². The number of alkyl halides is 4. The Balaban J connectivity index is 1.43. The molecule has 9 nitrogen and oxygen atoms in total. The maximum Gasteiger partial charge on any atom is 0.340 e. The monoisotopic (exact) mass is 581 g/mol. The van der Waals surface area contributed by atoms with Gasteiger partial charge in [0.2, 0.25) is 5.88 Å². The van der Waals surface area contributed by atoms with Gasteiger partial charge in [0, 0.05) is 36.9 Å². The Labute approximate surface area is 230 Å². The number of carbonyl (C=O) groups is 1. The molecule has 14 heteroatoms. The minimum atomic E-state index is -4.34. The van der Waals surface area contributed by atoms with Crippen molar-refractivity contribution in [1.82, 2.24) is 25.1 Å². The number of nitrogens with one attached hydrogen (secondary N) is 1. The number of hydrogen-bond acceptors (Lipinski definition) is 7. The summed E-state index contributed by atoms with van der Waals surface area (Å²) in [6.45, 7) is 0.0202. The lowest BCUT2D eigenvalue weighted by Crippen LogP contribution is -2.42. The van der Waals surface area contributed by atoms with E-state index in [1.807, 2.05) is 0 Å². The van der Waals surface area contributed by atoms with Crippen LogP contribution in [0.4, 0.5) is 17.6 Å². The Morgan fingerprint density at radius 1 is 1.23 bits per heavy atom. The number of aromatic hydroxyl groups is 1. The zero-order valence-electron chi connectivity index (χ0n) is 21.0. The smallest absolute Gasteiger partial charge is 0.340 e. The fourth-order valence-corrected chi connectivity index (χ4v) is 4.04. The normalized spacial score (nSPS) is 13.4. The molecule has 0 aliphatic carbocycles. The molecule has 4 rings (SSSR count). The van der Waals surface area contributed by atoms with E-state index in [0.717, 1.165) is 0 Å². The first-order valence-corrected chi connectivity index (χ1v) is 12.3. The topological polar surface area (TPSA) is 122 Å². The fourth-order valence-electron chi connectivity index (χ4n) is 3.80. The number of hydrogen-bond donors (Lipinski definition) is 3. The van der Waals surface area contributed by atoms with Gasteiger partial charge < -0.3 is 20.3 Å². The summed E-state index contributed by atoms with van der Waals surface area (Å²) in [5.41, 5.74) is 0.314. The van der Waals surface area contributed by atoms with Crippen LogP contribution in [-0.4, -0.2) is 67.0 Å². The van der Waals surface area contributed by atoms with Gasteiger partial charge in [-0.3, -0.25) is 14.5 Å². The maximum absolute atomic E-state index is 13.1. The average Bonchev–Trinajstić information content (AvgIpc) is 3.30. The van der Waals surface area contributed by atoms with Crippen LogP contribution >= 0.6 is 11.6 Å². The number of fused-ring (bicyclic) bond motifs is 1. The Hall–Kier alpha value is -3.97. The second-order valence-electron chi connectivity index (χ2n) is 9.37. The number of para-hydroxylation sites is 1. The molecule has 40 heavy (non-hydrogen) atoms. The van der Waals surface area contributed by atoms with E-state index < -0.39 is 36.3 Å². The van der Waals surface area contributed by atoms with Crippen molar-refractivity contribution >= 4 is 28.4 Å². The molecular weight excluding hydrogens is 558 g/mol. The van der Waals surface area contributed by atoms with Crippen LogP contribution in [-0.2, 0) is 13.0 Å². The third kappa shape index (κ3) is 6.96. The zero-order valence-corrected chi connectivity index (χ0v) is 21.7. The van der Waals surface area contributed by atoms with Crippen LogP contribution in [0, 0.1) is 0 Å². The highest BCUT2D eigenvalue weighted by molar-refractivity contribution is 6.31. The van der Waals surface area contributed by atoms with E-state index in [4.69, 9.17) is 11.6 Å². The van der Waals surface area contributed by atoms with Crippen molar-refractivity contribution in [2.24, 2.45) is 0 Å². The molecule has 4 aromatic rings. The Morgan fingerprint density at radius 3 is 2.67 bits per heavy atom. The van der Waals surface area contributed by atoms with E-state index in [1.165, 1.54) is 37.5 Å². The van der Waals surface area contributed by atoms with Crippen LogP contribution in [0.2, 0.25) is 5.02 Å². The summed E-state index contributed by atoms with van der Waals surface area (Å²) in [7, 11) is 0. The number of aromatic nitrogens is 4. The standard InChI is InChI=1S/C26H24ClF4N5O4/c1-25(39,13-34-22(38)16-4-2-3-5-21(16)37)9-20-17-12-36(35-19(17)6-7-32-20)11-15-8-18(27)23(33-10-15)40-14-26(30,31)24(28)29/h2-8,10,12,24,37,39H,9,11,13-14H2,1H3,(H,34,38). The molecule has 0 aliphatic rings. The van der Waals surface area contributed by atoms with Gasteiger partial charge in [-0.25, -0.2) is 13.8 Å². The highest BCUT2D eigenvalue weighted by Gasteiger charge is 2.42. The second-order valence-corrected chi connectivity index (χ2v) is 9.78. The first-order chi connectivity index (χ1) is 18.8. The molecule has 0 spiro atoms. The first kappa shape index (κ1) is 29.0. The zero-order chi connectivity index (χ0) is 29.1. The lowest BCUT2D eigenvalue weighted by Gasteiger charge is -2.23. The van der Waals surface area contributed by atoms with Gasteiger partial charge in [-0.15, -0.1) is 0 Å². The lowest BCUT2D eigenvalue weighted by molar-refractivity contribution is -0.148. The summed E-state index contributed by atoms with van der Waals surface area (Å²) < 4.78 is 57.2. The highest BCUT2D eigenvalue weighted by Crippen LogP contribution is 2.28. The third-order valence-electron chi connectivity index (χ3n) is 5.82. The van der Waals surface area contributed by atoms with Crippen LogP contribution in [0.1, 0.15) is 28.5 Å². The van der Waals surface area contributed by atoms with E-state index in [2.05, 4.69) is 25.1 Å². The van der Waals surface area contributed by atoms with Crippen molar-refractivity contribution in [3.05, 3.63) is 76.8 Å². The summed E-state index contributed by atoms with van der Waals surface area (Å²) in [6, 6.07) is 9.13. The molecule has 0 fully saturated rings. The van der Waals surface area contributed by atoms with Crippen molar-refractivity contribution in [3.63, 3.8) is 0 Å². The number of pyridine rings is 2. The molecule has 0 radical (unpaired) electrons. The maximum atomic E-state index is 13.1. The van der Waals surface area contributed by atoms with Gasteiger partial charge in [0.1, 0.15) is 10.8 Å². The molecule has 3 aromatic heterocycles. The molecule has 1 amide bonds. The number of aliphatic hydroxyl groups is 1. The van der Waals surface area contributed by atoms with Gasteiger partial charge in [-0.1, -0.05) is 23.7 Å². The number of benzene rings is 1. The predicted molar refractivity (Wildman–Crippen MR) is 137 cm³/mol. The largest absolute Gasteiger partial charge is 0.507 e. The number of nitrogens with zero attached hydrogens (tertiary/aromatic N) is 4. The number of carbonyl (C=O) groups excluding carboxylic acids is 1. The van der Waals surface area contributed by atoms with E-state index in [0.29, 0.717) is 22.2 Å². The van der Waals surface area contributed by atoms with Gasteiger partial charge in [0.05, 0.1) is 28.9 Å². The van der Waals surface area contributed by atoms with Gasteiger partial charge >= 0.3 is 12.3 Å².